The van der Waals surface area contributed by atoms with Crippen LogP contribution in [0.4, 0.5) is 15.8 Å². The van der Waals surface area contributed by atoms with Gasteiger partial charge in [-0.1, -0.05) is 36.4 Å². The van der Waals surface area contributed by atoms with Gasteiger partial charge in [0.05, 0.1) is 12.4 Å². The first-order valence-electron chi connectivity index (χ1n) is 12.7. The average Bonchev–Trinajstić information content (AvgIpc) is 2.99. The largest absolute Gasteiger partial charge is 0.497 e. The topological polar surface area (TPSA) is 96.5 Å². The first-order chi connectivity index (χ1) is 19.8. The number of methoxy groups -OCH3 is 1. The van der Waals surface area contributed by atoms with Crippen molar-refractivity contribution in [1.82, 2.24) is 5.32 Å². The fourth-order valence-electron chi connectivity index (χ4n) is 3.68. The molecule has 0 fully saturated rings. The fraction of sp³-hybridized carbons (Fsp3) is 0.0938. The maximum absolute atomic E-state index is 14.3. The number of halogens is 1. The van der Waals surface area contributed by atoms with Gasteiger partial charge in [-0.25, -0.2) is 4.39 Å². The first kappa shape index (κ1) is 29.1. The molecule has 0 heterocycles. The molecular formula is C32H28FN3O4S. The number of rotatable bonds is 10. The summed E-state index contributed by atoms with van der Waals surface area (Å²) in [4.78, 5) is 39.4. The molecule has 4 aromatic carbocycles. The molecule has 4 rings (SSSR count). The molecular weight excluding hydrogens is 541 g/mol. The zero-order valence-electron chi connectivity index (χ0n) is 22.4. The van der Waals surface area contributed by atoms with Gasteiger partial charge < -0.3 is 20.7 Å². The molecule has 0 saturated carbocycles. The number of carbonyl (C=O) groups is 3. The van der Waals surface area contributed by atoms with Gasteiger partial charge in [0.1, 0.15) is 17.3 Å². The van der Waals surface area contributed by atoms with Gasteiger partial charge in [0.25, 0.3) is 11.8 Å². The molecule has 0 radical (unpaired) electrons. The molecule has 1 unspecified atom stereocenters. The van der Waals surface area contributed by atoms with Crippen LogP contribution in [0.5, 0.6) is 5.75 Å². The van der Waals surface area contributed by atoms with Crippen LogP contribution in [0.15, 0.2) is 114 Å². The van der Waals surface area contributed by atoms with Gasteiger partial charge in [-0.2, -0.15) is 0 Å². The van der Waals surface area contributed by atoms with Crippen molar-refractivity contribution in [2.45, 2.75) is 17.1 Å². The average molecular weight is 570 g/mol. The smallest absolute Gasteiger partial charge is 0.272 e. The molecule has 0 spiro atoms. The van der Waals surface area contributed by atoms with E-state index < -0.39 is 17.6 Å². The Morgan fingerprint density at radius 2 is 1.41 bits per heavy atom. The van der Waals surface area contributed by atoms with E-state index in [0.717, 1.165) is 4.90 Å². The SMILES string of the molecule is COc1ccc(NC(=O)C(C)Sc2ccc(NC(=O)/C(=C/c3ccccc3F)NC(=O)c3ccccc3)cc2)cc1. The lowest BCUT2D eigenvalue weighted by molar-refractivity contribution is -0.115. The molecule has 0 aromatic heterocycles. The normalized spacial score (nSPS) is 11.7. The number of hydrogen-bond donors (Lipinski definition) is 3. The zero-order chi connectivity index (χ0) is 29.2. The van der Waals surface area contributed by atoms with Gasteiger partial charge in [-0.15, -0.1) is 11.8 Å². The van der Waals surface area contributed by atoms with Gasteiger partial charge in [0, 0.05) is 27.4 Å². The van der Waals surface area contributed by atoms with Crippen LogP contribution in [0.1, 0.15) is 22.8 Å². The van der Waals surface area contributed by atoms with Gasteiger partial charge in [0.2, 0.25) is 5.91 Å². The van der Waals surface area contributed by atoms with Crippen molar-refractivity contribution in [1.29, 1.82) is 0 Å². The van der Waals surface area contributed by atoms with Crippen LogP contribution in [0.3, 0.4) is 0 Å². The maximum Gasteiger partial charge on any atom is 0.272 e. The van der Waals surface area contributed by atoms with Crippen LogP contribution in [0.2, 0.25) is 0 Å². The number of ether oxygens (including phenoxy) is 1. The Bertz CT molecular complexity index is 1540. The third-order valence-corrected chi connectivity index (χ3v) is 7.00. The lowest BCUT2D eigenvalue weighted by Gasteiger charge is -2.14. The van der Waals surface area contributed by atoms with Crippen LogP contribution >= 0.6 is 11.8 Å². The summed E-state index contributed by atoms with van der Waals surface area (Å²) in [5, 5.41) is 7.82. The molecule has 1 atom stereocenters. The molecule has 3 N–H and O–H groups in total. The number of carbonyl (C=O) groups excluding carboxylic acids is 3. The highest BCUT2D eigenvalue weighted by atomic mass is 32.2. The number of thioether (sulfide) groups is 1. The standard InChI is InChI=1S/C32H28FN3O4S/c1-21(30(37)34-24-12-16-26(40-2)17-13-24)41-27-18-14-25(15-19-27)35-32(39)29(20-23-10-6-7-11-28(23)33)36-31(38)22-8-4-3-5-9-22/h3-21H,1-2H3,(H,34,37)(H,35,39)(H,36,38)/b29-20-. The second-order valence-electron chi connectivity index (χ2n) is 8.86. The molecule has 0 aliphatic rings. The van der Waals surface area contributed by atoms with E-state index in [2.05, 4.69) is 16.0 Å². The predicted molar refractivity (Wildman–Crippen MR) is 160 cm³/mol. The summed E-state index contributed by atoms with van der Waals surface area (Å²) in [5.41, 5.74) is 1.51. The molecule has 0 aliphatic carbocycles. The van der Waals surface area contributed by atoms with Crippen LogP contribution in [0, 0.1) is 5.82 Å². The second kappa shape index (κ2) is 14.0. The van der Waals surface area contributed by atoms with Crippen molar-refractivity contribution in [3.8, 4) is 5.75 Å². The third kappa shape index (κ3) is 8.30. The molecule has 0 aliphatic heterocycles. The van der Waals surface area contributed by atoms with Crippen molar-refractivity contribution in [3.05, 3.63) is 126 Å². The minimum absolute atomic E-state index is 0.119. The molecule has 7 nitrogen and oxygen atoms in total. The highest BCUT2D eigenvalue weighted by Crippen LogP contribution is 2.26. The lowest BCUT2D eigenvalue weighted by atomic mass is 10.1. The minimum atomic E-state index is -0.620. The van der Waals surface area contributed by atoms with E-state index in [1.165, 1.54) is 36.0 Å². The molecule has 0 bridgehead atoms. The van der Waals surface area contributed by atoms with E-state index in [4.69, 9.17) is 4.74 Å². The van der Waals surface area contributed by atoms with Gasteiger partial charge in [-0.3, -0.25) is 14.4 Å². The molecule has 4 aromatic rings. The number of amides is 3. The van der Waals surface area contributed by atoms with E-state index >= 15 is 0 Å². The van der Waals surface area contributed by atoms with Gasteiger partial charge in [0.15, 0.2) is 0 Å². The van der Waals surface area contributed by atoms with Crippen molar-refractivity contribution in [2.24, 2.45) is 0 Å². The summed E-state index contributed by atoms with van der Waals surface area (Å²) in [6.45, 7) is 1.80. The Balaban J connectivity index is 1.42. The van der Waals surface area contributed by atoms with E-state index in [9.17, 15) is 18.8 Å². The summed E-state index contributed by atoms with van der Waals surface area (Å²) in [6.07, 6.45) is 1.29. The molecule has 41 heavy (non-hydrogen) atoms. The van der Waals surface area contributed by atoms with Crippen LogP contribution in [-0.4, -0.2) is 30.1 Å². The molecule has 9 heteroatoms. The Hall–Kier alpha value is -4.89. The van der Waals surface area contributed by atoms with Crippen molar-refractivity contribution < 1.29 is 23.5 Å². The van der Waals surface area contributed by atoms with Crippen LogP contribution in [0.25, 0.3) is 6.08 Å². The van der Waals surface area contributed by atoms with Crippen molar-refractivity contribution in [2.75, 3.05) is 17.7 Å². The van der Waals surface area contributed by atoms with Crippen LogP contribution in [-0.2, 0) is 9.59 Å². The predicted octanol–water partition coefficient (Wildman–Crippen LogP) is 6.36. The summed E-state index contributed by atoms with van der Waals surface area (Å²) in [7, 11) is 1.58. The van der Waals surface area contributed by atoms with E-state index in [0.29, 0.717) is 22.7 Å². The zero-order valence-corrected chi connectivity index (χ0v) is 23.2. The van der Waals surface area contributed by atoms with Crippen molar-refractivity contribution in [3.63, 3.8) is 0 Å². The maximum atomic E-state index is 14.3. The number of nitrogens with one attached hydrogen (secondary N) is 3. The van der Waals surface area contributed by atoms with Gasteiger partial charge in [-0.05, 0) is 79.7 Å². The van der Waals surface area contributed by atoms with E-state index in [1.54, 1.807) is 99.0 Å². The Morgan fingerprint density at radius 3 is 2.07 bits per heavy atom. The second-order valence-corrected chi connectivity index (χ2v) is 10.3. The van der Waals surface area contributed by atoms with Crippen molar-refractivity contribution >= 4 is 46.9 Å². The fourth-order valence-corrected chi connectivity index (χ4v) is 4.55. The summed E-state index contributed by atoms with van der Waals surface area (Å²) in [6, 6.07) is 28.4. The molecule has 0 saturated heterocycles. The summed E-state index contributed by atoms with van der Waals surface area (Å²) < 4.78 is 19.5. The third-order valence-electron chi connectivity index (χ3n) is 5.89. The van der Waals surface area contributed by atoms with E-state index in [1.807, 2.05) is 0 Å². The van der Waals surface area contributed by atoms with E-state index in [-0.39, 0.29) is 22.4 Å². The summed E-state index contributed by atoms with van der Waals surface area (Å²) >= 11 is 1.36. The Labute approximate surface area is 241 Å². The Morgan fingerprint density at radius 1 is 0.805 bits per heavy atom. The monoisotopic (exact) mass is 569 g/mol. The molecule has 208 valence electrons. The quantitative estimate of drug-likeness (QED) is 0.153. The molecule has 3 amide bonds. The number of hydrogen-bond acceptors (Lipinski definition) is 5. The van der Waals surface area contributed by atoms with Crippen LogP contribution < -0.4 is 20.7 Å². The van der Waals surface area contributed by atoms with Gasteiger partial charge >= 0.3 is 0 Å². The first-order valence-corrected chi connectivity index (χ1v) is 13.6. The number of anilines is 2. The summed E-state index contributed by atoms with van der Waals surface area (Å²) in [5.74, 6) is -1.11. The Kier molecular flexibility index (Phi) is 9.90. The highest BCUT2D eigenvalue weighted by Gasteiger charge is 2.17. The number of benzene rings is 4. The minimum Gasteiger partial charge on any atom is -0.497 e. The lowest BCUT2D eigenvalue weighted by Crippen LogP contribution is -2.30. The highest BCUT2D eigenvalue weighted by molar-refractivity contribution is 8.00.